The summed E-state index contributed by atoms with van der Waals surface area (Å²) in [7, 11) is 4.03. The Morgan fingerprint density at radius 3 is 2.72 bits per heavy atom. The lowest BCUT2D eigenvalue weighted by Gasteiger charge is -2.10. The molecule has 0 spiro atoms. The van der Waals surface area contributed by atoms with Crippen LogP contribution in [0.4, 0.5) is 4.39 Å². The molecule has 100 valence electrons. The molecule has 0 radical (unpaired) electrons. The number of hydrogen-bond acceptors (Lipinski definition) is 2. The number of amides is 1. The number of aryl methyl sites for hydroxylation is 1. The van der Waals surface area contributed by atoms with E-state index in [4.69, 9.17) is 0 Å². The van der Waals surface area contributed by atoms with Crippen LogP contribution in [0.5, 0.6) is 0 Å². The topological polar surface area (TPSA) is 32.3 Å². The zero-order valence-electron chi connectivity index (χ0n) is 11.3. The molecule has 1 aromatic rings. The molecule has 0 aromatic heterocycles. The summed E-state index contributed by atoms with van der Waals surface area (Å²) in [5.74, 6) is -0.760. The van der Waals surface area contributed by atoms with E-state index in [2.05, 4.69) is 10.2 Å². The monoisotopic (exact) mass is 252 g/mol. The third kappa shape index (κ3) is 4.45. The average Bonchev–Trinajstić information content (AvgIpc) is 2.31. The minimum Gasteiger partial charge on any atom is -0.352 e. The number of unbranched alkanes of at least 4 members (excludes halogenated alkanes) is 1. The predicted octanol–water partition coefficient (Wildman–Crippen LogP) is 2.21. The van der Waals surface area contributed by atoms with Gasteiger partial charge in [0.05, 0.1) is 5.56 Å². The molecule has 1 aromatic carbocycles. The van der Waals surface area contributed by atoms with Gasteiger partial charge in [0, 0.05) is 6.54 Å². The predicted molar refractivity (Wildman–Crippen MR) is 71.3 cm³/mol. The smallest absolute Gasteiger partial charge is 0.254 e. The molecule has 0 atom stereocenters. The molecular weight excluding hydrogens is 231 g/mol. The van der Waals surface area contributed by atoms with Crippen molar-refractivity contribution in [1.82, 2.24) is 10.2 Å². The lowest BCUT2D eigenvalue weighted by atomic mass is 10.1. The number of hydrogen-bond donors (Lipinski definition) is 1. The van der Waals surface area contributed by atoms with Crippen LogP contribution in [-0.2, 0) is 0 Å². The lowest BCUT2D eigenvalue weighted by molar-refractivity contribution is 0.0948. The number of rotatable bonds is 6. The molecule has 0 heterocycles. The van der Waals surface area contributed by atoms with Crippen LogP contribution in [-0.4, -0.2) is 38.0 Å². The summed E-state index contributed by atoms with van der Waals surface area (Å²) in [6, 6.07) is 4.86. The number of carbonyl (C=O) groups is 1. The first kappa shape index (κ1) is 14.6. The molecule has 0 saturated carbocycles. The van der Waals surface area contributed by atoms with Gasteiger partial charge in [0.2, 0.25) is 0 Å². The summed E-state index contributed by atoms with van der Waals surface area (Å²) in [4.78, 5) is 13.9. The summed E-state index contributed by atoms with van der Waals surface area (Å²) in [6.45, 7) is 3.23. The third-order valence-electron chi connectivity index (χ3n) is 2.75. The second kappa shape index (κ2) is 7.11. The quantitative estimate of drug-likeness (QED) is 0.787. The van der Waals surface area contributed by atoms with Gasteiger partial charge in [0.15, 0.2) is 0 Å². The molecule has 1 rings (SSSR count). The summed E-state index contributed by atoms with van der Waals surface area (Å²) in [5, 5.41) is 2.74. The van der Waals surface area contributed by atoms with Crippen LogP contribution < -0.4 is 5.32 Å². The van der Waals surface area contributed by atoms with E-state index in [0.29, 0.717) is 12.1 Å². The first-order valence-electron chi connectivity index (χ1n) is 6.20. The van der Waals surface area contributed by atoms with Gasteiger partial charge in [0.1, 0.15) is 5.82 Å². The normalized spacial score (nSPS) is 10.7. The van der Waals surface area contributed by atoms with Crippen LogP contribution in [0.15, 0.2) is 18.2 Å². The molecule has 1 N–H and O–H groups in total. The summed E-state index contributed by atoms with van der Waals surface area (Å²) in [5.41, 5.74) is 0.623. The maximum Gasteiger partial charge on any atom is 0.254 e. The van der Waals surface area contributed by atoms with Gasteiger partial charge in [0.25, 0.3) is 5.91 Å². The SMILES string of the molecule is Cc1cccc(C(=O)NCCCCN(C)C)c1F. The summed E-state index contributed by atoms with van der Waals surface area (Å²) < 4.78 is 13.7. The highest BCUT2D eigenvalue weighted by Crippen LogP contribution is 2.11. The summed E-state index contributed by atoms with van der Waals surface area (Å²) in [6.07, 6.45) is 1.92. The zero-order chi connectivity index (χ0) is 13.5. The second-order valence-electron chi connectivity index (χ2n) is 4.70. The Morgan fingerprint density at radius 2 is 2.06 bits per heavy atom. The van der Waals surface area contributed by atoms with Crippen LogP contribution in [0.3, 0.4) is 0 Å². The number of nitrogens with zero attached hydrogens (tertiary/aromatic N) is 1. The van der Waals surface area contributed by atoms with Crippen molar-refractivity contribution in [2.45, 2.75) is 19.8 Å². The molecule has 0 unspecified atom stereocenters. The fraction of sp³-hybridized carbons (Fsp3) is 0.500. The maximum absolute atomic E-state index is 13.7. The van der Waals surface area contributed by atoms with Gasteiger partial charge in [-0.1, -0.05) is 12.1 Å². The van der Waals surface area contributed by atoms with Gasteiger partial charge < -0.3 is 10.2 Å². The molecule has 0 aliphatic heterocycles. The fourth-order valence-corrected chi connectivity index (χ4v) is 1.67. The number of benzene rings is 1. The average molecular weight is 252 g/mol. The Hall–Kier alpha value is -1.42. The molecule has 0 fully saturated rings. The molecule has 0 aliphatic carbocycles. The van der Waals surface area contributed by atoms with Crippen molar-refractivity contribution in [2.75, 3.05) is 27.2 Å². The van der Waals surface area contributed by atoms with Gasteiger partial charge in [-0.2, -0.15) is 0 Å². The Labute approximate surface area is 108 Å². The van der Waals surface area contributed by atoms with Crippen LogP contribution in [0, 0.1) is 12.7 Å². The van der Waals surface area contributed by atoms with Crippen molar-refractivity contribution in [3.63, 3.8) is 0 Å². The van der Waals surface area contributed by atoms with Gasteiger partial charge in [-0.05, 0) is 52.0 Å². The van der Waals surface area contributed by atoms with Crippen molar-refractivity contribution in [1.29, 1.82) is 0 Å². The molecule has 0 bridgehead atoms. The van der Waals surface area contributed by atoms with Crippen molar-refractivity contribution < 1.29 is 9.18 Å². The van der Waals surface area contributed by atoms with Crippen LogP contribution >= 0.6 is 0 Å². The number of nitrogens with one attached hydrogen (secondary N) is 1. The molecule has 18 heavy (non-hydrogen) atoms. The molecule has 0 saturated heterocycles. The first-order valence-corrected chi connectivity index (χ1v) is 6.20. The molecular formula is C14H21FN2O. The minimum atomic E-state index is -0.428. The zero-order valence-corrected chi connectivity index (χ0v) is 11.3. The lowest BCUT2D eigenvalue weighted by Crippen LogP contribution is -2.26. The Bertz CT molecular complexity index is 405. The van der Waals surface area contributed by atoms with Crippen molar-refractivity contribution in [2.24, 2.45) is 0 Å². The highest BCUT2D eigenvalue weighted by molar-refractivity contribution is 5.94. The summed E-state index contributed by atoms with van der Waals surface area (Å²) >= 11 is 0. The molecule has 1 amide bonds. The molecule has 4 heteroatoms. The van der Waals surface area contributed by atoms with E-state index in [1.165, 1.54) is 6.07 Å². The fourth-order valence-electron chi connectivity index (χ4n) is 1.67. The van der Waals surface area contributed by atoms with Crippen LogP contribution in [0.1, 0.15) is 28.8 Å². The highest BCUT2D eigenvalue weighted by atomic mass is 19.1. The number of halogens is 1. The van der Waals surface area contributed by atoms with Crippen molar-refractivity contribution >= 4 is 5.91 Å². The van der Waals surface area contributed by atoms with E-state index in [0.717, 1.165) is 19.4 Å². The largest absolute Gasteiger partial charge is 0.352 e. The Balaban J connectivity index is 2.39. The van der Waals surface area contributed by atoms with E-state index in [1.54, 1.807) is 19.1 Å². The third-order valence-corrected chi connectivity index (χ3v) is 2.75. The van der Waals surface area contributed by atoms with Crippen LogP contribution in [0.2, 0.25) is 0 Å². The van der Waals surface area contributed by atoms with Gasteiger partial charge in [-0.15, -0.1) is 0 Å². The van der Waals surface area contributed by atoms with E-state index >= 15 is 0 Å². The van der Waals surface area contributed by atoms with Gasteiger partial charge >= 0.3 is 0 Å². The van der Waals surface area contributed by atoms with E-state index in [1.807, 2.05) is 14.1 Å². The number of carbonyl (C=O) groups excluding carboxylic acids is 1. The molecule has 0 aliphatic rings. The molecule has 3 nitrogen and oxygen atoms in total. The van der Waals surface area contributed by atoms with E-state index in [-0.39, 0.29) is 11.5 Å². The second-order valence-corrected chi connectivity index (χ2v) is 4.70. The maximum atomic E-state index is 13.7. The van der Waals surface area contributed by atoms with E-state index in [9.17, 15) is 9.18 Å². The Morgan fingerprint density at radius 1 is 1.33 bits per heavy atom. The van der Waals surface area contributed by atoms with Gasteiger partial charge in [-0.25, -0.2) is 4.39 Å². The highest BCUT2D eigenvalue weighted by Gasteiger charge is 2.12. The first-order chi connectivity index (χ1) is 8.52. The standard InChI is InChI=1S/C14H21FN2O/c1-11-7-6-8-12(13(11)15)14(18)16-9-4-5-10-17(2)3/h6-8H,4-5,9-10H2,1-3H3,(H,16,18). The minimum absolute atomic E-state index is 0.127. The van der Waals surface area contributed by atoms with Gasteiger partial charge in [-0.3, -0.25) is 4.79 Å². The van der Waals surface area contributed by atoms with Crippen LogP contribution in [0.25, 0.3) is 0 Å². The van der Waals surface area contributed by atoms with E-state index < -0.39 is 5.82 Å². The Kier molecular flexibility index (Phi) is 5.78. The van der Waals surface area contributed by atoms with Crippen molar-refractivity contribution in [3.8, 4) is 0 Å². The van der Waals surface area contributed by atoms with Crippen molar-refractivity contribution in [3.05, 3.63) is 35.1 Å².